The number of ether oxygens (including phenoxy) is 1. The van der Waals surface area contributed by atoms with E-state index in [9.17, 15) is 4.79 Å². The Bertz CT molecular complexity index is 602. The summed E-state index contributed by atoms with van der Waals surface area (Å²) in [6.45, 7) is 7.03. The van der Waals surface area contributed by atoms with Crippen molar-refractivity contribution in [3.63, 3.8) is 0 Å². The molecule has 1 rings (SSSR count). The van der Waals surface area contributed by atoms with E-state index < -0.39 is 5.97 Å². The third kappa shape index (κ3) is 9.76. The van der Waals surface area contributed by atoms with Crippen molar-refractivity contribution in [2.24, 2.45) is 0 Å². The summed E-state index contributed by atoms with van der Waals surface area (Å²) in [6, 6.07) is 11.6. The number of methoxy groups -OCH3 is 1. The standard InChI is InChI=1S/C12H12O2.C7H7N/c1-10(12(13)14-2)8-9-11-6-4-3-5-7-11;1-2-3-4-5-6-7-8/h3-9H,1H2,2H3;2-6H,1H2. The third-order valence-electron chi connectivity index (χ3n) is 2.25. The van der Waals surface area contributed by atoms with E-state index in [1.165, 1.54) is 13.2 Å². The number of carbonyl (C=O) groups excluding carboxylic acids is 1. The summed E-state index contributed by atoms with van der Waals surface area (Å²) in [7, 11) is 1.34. The molecule has 0 aliphatic heterocycles. The summed E-state index contributed by atoms with van der Waals surface area (Å²) in [4.78, 5) is 11.0. The molecule has 3 heteroatoms. The van der Waals surface area contributed by atoms with Gasteiger partial charge in [0.05, 0.1) is 18.8 Å². The second-order valence-electron chi connectivity index (χ2n) is 3.87. The number of nitriles is 1. The predicted molar refractivity (Wildman–Crippen MR) is 90.7 cm³/mol. The zero-order chi connectivity index (χ0) is 16.6. The van der Waals surface area contributed by atoms with Gasteiger partial charge in [0.2, 0.25) is 0 Å². The van der Waals surface area contributed by atoms with Gasteiger partial charge in [-0.1, -0.05) is 73.9 Å². The molecule has 0 unspecified atom stereocenters. The molecule has 0 fully saturated rings. The normalized spacial score (nSPS) is 10.0. The smallest absolute Gasteiger partial charge is 0.337 e. The molecule has 0 aliphatic rings. The van der Waals surface area contributed by atoms with Gasteiger partial charge in [-0.2, -0.15) is 5.26 Å². The lowest BCUT2D eigenvalue weighted by Crippen LogP contribution is -2.00. The molecular weight excluding hydrogens is 274 g/mol. The second kappa shape index (κ2) is 12.9. The van der Waals surface area contributed by atoms with E-state index in [4.69, 9.17) is 5.26 Å². The van der Waals surface area contributed by atoms with Gasteiger partial charge in [0.1, 0.15) is 0 Å². The van der Waals surface area contributed by atoms with Gasteiger partial charge < -0.3 is 4.74 Å². The molecule has 0 N–H and O–H groups in total. The highest BCUT2D eigenvalue weighted by Gasteiger charge is 2.00. The number of hydrogen-bond acceptors (Lipinski definition) is 3. The van der Waals surface area contributed by atoms with Gasteiger partial charge in [-0.15, -0.1) is 0 Å². The van der Waals surface area contributed by atoms with E-state index in [0.717, 1.165) is 5.56 Å². The molecule has 0 aromatic heterocycles. The molecule has 0 heterocycles. The van der Waals surface area contributed by atoms with Crippen LogP contribution in [0.15, 0.2) is 85.5 Å². The molecule has 0 radical (unpaired) electrons. The fourth-order valence-electron chi connectivity index (χ4n) is 1.20. The number of nitrogens with zero attached hydrogens (tertiary/aromatic N) is 1. The van der Waals surface area contributed by atoms with Crippen LogP contribution in [-0.2, 0) is 9.53 Å². The first-order valence-electron chi connectivity index (χ1n) is 6.50. The lowest BCUT2D eigenvalue weighted by molar-refractivity contribution is -0.135. The van der Waals surface area contributed by atoms with Crippen LogP contribution in [0.1, 0.15) is 5.56 Å². The molecule has 0 saturated heterocycles. The Hall–Kier alpha value is -3.12. The van der Waals surface area contributed by atoms with Gasteiger partial charge in [0.25, 0.3) is 0 Å². The summed E-state index contributed by atoms with van der Waals surface area (Å²) in [5.74, 6) is -0.405. The van der Waals surface area contributed by atoms with Crippen LogP contribution < -0.4 is 0 Å². The van der Waals surface area contributed by atoms with Crippen LogP contribution in [0.25, 0.3) is 6.08 Å². The largest absolute Gasteiger partial charge is 0.465 e. The fraction of sp³-hybridized carbons (Fsp3) is 0.0526. The molecule has 0 spiro atoms. The van der Waals surface area contributed by atoms with Crippen molar-refractivity contribution < 1.29 is 9.53 Å². The Kier molecular flexibility index (Phi) is 11.1. The SMILES string of the molecule is C=C(C=Cc1ccccc1)C(=O)OC.C=CC=CC=CC#N. The van der Waals surface area contributed by atoms with Gasteiger partial charge in [0.15, 0.2) is 0 Å². The maximum Gasteiger partial charge on any atom is 0.337 e. The number of rotatable bonds is 5. The third-order valence-corrected chi connectivity index (χ3v) is 2.25. The molecule has 0 bridgehead atoms. The maximum atomic E-state index is 11.0. The molecule has 0 saturated carbocycles. The minimum atomic E-state index is -0.405. The Morgan fingerprint density at radius 1 is 1.23 bits per heavy atom. The first kappa shape index (κ1) is 18.9. The van der Waals surface area contributed by atoms with Crippen LogP contribution in [0, 0.1) is 11.3 Å². The van der Waals surface area contributed by atoms with Crippen LogP contribution >= 0.6 is 0 Å². The monoisotopic (exact) mass is 293 g/mol. The minimum Gasteiger partial charge on any atom is -0.465 e. The summed E-state index contributed by atoms with van der Waals surface area (Å²) < 4.78 is 4.51. The second-order valence-corrected chi connectivity index (χ2v) is 3.87. The van der Waals surface area contributed by atoms with E-state index in [2.05, 4.69) is 17.9 Å². The van der Waals surface area contributed by atoms with Gasteiger partial charge >= 0.3 is 5.97 Å². The van der Waals surface area contributed by atoms with Crippen molar-refractivity contribution in [3.8, 4) is 6.07 Å². The lowest BCUT2D eigenvalue weighted by Gasteiger charge is -1.96. The van der Waals surface area contributed by atoms with Crippen molar-refractivity contribution in [1.29, 1.82) is 5.26 Å². The quantitative estimate of drug-likeness (QED) is 0.353. The molecule has 112 valence electrons. The Morgan fingerprint density at radius 2 is 1.91 bits per heavy atom. The Labute approximate surface area is 131 Å². The van der Waals surface area contributed by atoms with E-state index in [0.29, 0.717) is 5.57 Å². The summed E-state index contributed by atoms with van der Waals surface area (Å²) in [5, 5.41) is 7.97. The highest BCUT2D eigenvalue weighted by Crippen LogP contribution is 2.04. The van der Waals surface area contributed by atoms with Crippen LogP contribution in [0.4, 0.5) is 0 Å². The number of esters is 1. The van der Waals surface area contributed by atoms with Crippen LogP contribution in [0.3, 0.4) is 0 Å². The van der Waals surface area contributed by atoms with Gasteiger partial charge in [0, 0.05) is 6.08 Å². The molecule has 22 heavy (non-hydrogen) atoms. The maximum absolute atomic E-state index is 11.0. The molecule has 3 nitrogen and oxygen atoms in total. The Morgan fingerprint density at radius 3 is 2.45 bits per heavy atom. The molecular formula is C19H19NO2. The number of carbonyl (C=O) groups is 1. The molecule has 1 aromatic carbocycles. The average molecular weight is 293 g/mol. The lowest BCUT2D eigenvalue weighted by atomic mass is 10.2. The topological polar surface area (TPSA) is 50.1 Å². The first-order valence-corrected chi connectivity index (χ1v) is 6.50. The summed E-state index contributed by atoms with van der Waals surface area (Å²) in [5.41, 5.74) is 1.37. The molecule has 1 aromatic rings. The van der Waals surface area contributed by atoms with Gasteiger partial charge in [-0.25, -0.2) is 4.79 Å². The van der Waals surface area contributed by atoms with Crippen molar-refractivity contribution in [3.05, 3.63) is 91.1 Å². The van der Waals surface area contributed by atoms with Crippen molar-refractivity contribution >= 4 is 12.0 Å². The molecule has 0 atom stereocenters. The molecule has 0 amide bonds. The van der Waals surface area contributed by atoms with Crippen LogP contribution in [0.5, 0.6) is 0 Å². The highest BCUT2D eigenvalue weighted by atomic mass is 16.5. The van der Waals surface area contributed by atoms with Crippen molar-refractivity contribution in [1.82, 2.24) is 0 Å². The van der Waals surface area contributed by atoms with Crippen molar-refractivity contribution in [2.45, 2.75) is 0 Å². The number of allylic oxidation sites excluding steroid dienone is 5. The highest BCUT2D eigenvalue weighted by molar-refractivity contribution is 5.91. The number of hydrogen-bond donors (Lipinski definition) is 0. The van der Waals surface area contributed by atoms with Gasteiger partial charge in [-0.05, 0) is 11.6 Å². The van der Waals surface area contributed by atoms with E-state index in [1.54, 1.807) is 30.4 Å². The molecule has 0 aliphatic carbocycles. The van der Waals surface area contributed by atoms with Crippen LogP contribution in [-0.4, -0.2) is 13.1 Å². The van der Waals surface area contributed by atoms with E-state index in [-0.39, 0.29) is 0 Å². The average Bonchev–Trinajstić information content (AvgIpc) is 2.57. The zero-order valence-corrected chi connectivity index (χ0v) is 12.6. The minimum absolute atomic E-state index is 0.344. The Balaban J connectivity index is 0.000000472. The van der Waals surface area contributed by atoms with E-state index in [1.807, 2.05) is 42.5 Å². The van der Waals surface area contributed by atoms with E-state index >= 15 is 0 Å². The number of benzene rings is 1. The summed E-state index contributed by atoms with van der Waals surface area (Å²) in [6.07, 6.45) is 11.7. The predicted octanol–water partition coefficient (Wildman–Crippen LogP) is 4.24. The van der Waals surface area contributed by atoms with Crippen LogP contribution in [0.2, 0.25) is 0 Å². The van der Waals surface area contributed by atoms with Gasteiger partial charge in [-0.3, -0.25) is 0 Å². The fourth-order valence-corrected chi connectivity index (χ4v) is 1.20. The van der Waals surface area contributed by atoms with Crippen molar-refractivity contribution in [2.75, 3.05) is 7.11 Å². The first-order chi connectivity index (χ1) is 10.7. The summed E-state index contributed by atoms with van der Waals surface area (Å²) >= 11 is 0. The zero-order valence-electron chi connectivity index (χ0n) is 12.6.